The number of nitrogens with zero attached hydrogens (tertiary/aromatic N) is 3. The molecule has 0 aliphatic carbocycles. The number of anilines is 1. The van der Waals surface area contributed by atoms with Crippen molar-refractivity contribution in [3.05, 3.63) is 0 Å². The Morgan fingerprint density at radius 1 is 0.857 bits per heavy atom. The van der Waals surface area contributed by atoms with Crippen molar-refractivity contribution in [1.82, 2.24) is 15.0 Å². The Bertz CT molecular complexity index is 476. The highest BCUT2D eigenvalue weighted by Crippen LogP contribution is 2.35. The van der Waals surface area contributed by atoms with Crippen LogP contribution in [0.4, 0.5) is 32.3 Å². The molecule has 0 fully saturated rings. The number of halogens is 6. The molecule has 1 rings (SSSR count). The zero-order valence-corrected chi connectivity index (χ0v) is 10.7. The molecule has 1 aromatic rings. The van der Waals surface area contributed by atoms with Gasteiger partial charge in [0.05, 0.1) is 6.10 Å². The van der Waals surface area contributed by atoms with Crippen LogP contribution >= 0.6 is 0 Å². The summed E-state index contributed by atoms with van der Waals surface area (Å²) in [5, 5.41) is 0. The molecule has 0 aliphatic heterocycles. The molecule has 0 atom stereocenters. The molecule has 0 spiro atoms. The van der Waals surface area contributed by atoms with E-state index in [1.54, 1.807) is 0 Å². The fourth-order valence-electron chi connectivity index (χ4n) is 1.09. The molecule has 0 aromatic carbocycles. The van der Waals surface area contributed by atoms with Crippen LogP contribution in [-0.2, 0) is 0 Å². The van der Waals surface area contributed by atoms with Crippen LogP contribution in [0.15, 0.2) is 0 Å². The second kappa shape index (κ2) is 5.77. The van der Waals surface area contributed by atoms with E-state index >= 15 is 0 Å². The van der Waals surface area contributed by atoms with Crippen molar-refractivity contribution in [2.75, 3.05) is 5.73 Å². The van der Waals surface area contributed by atoms with E-state index in [0.29, 0.717) is 0 Å². The van der Waals surface area contributed by atoms with Gasteiger partial charge in [-0.15, -0.1) is 4.98 Å². The van der Waals surface area contributed by atoms with Crippen LogP contribution in [0.5, 0.6) is 12.0 Å². The minimum absolute atomic E-state index is 0.485. The van der Waals surface area contributed by atoms with Gasteiger partial charge in [0.15, 0.2) is 0 Å². The highest BCUT2D eigenvalue weighted by Gasteiger charge is 2.59. The first-order chi connectivity index (χ1) is 9.39. The average molecular weight is 320 g/mol. The fourth-order valence-corrected chi connectivity index (χ4v) is 1.09. The summed E-state index contributed by atoms with van der Waals surface area (Å²) < 4.78 is 82.7. The predicted molar refractivity (Wildman–Crippen MR) is 56.5 cm³/mol. The second-order valence-corrected chi connectivity index (χ2v) is 4.01. The third-order valence-electron chi connectivity index (χ3n) is 1.77. The molecule has 0 radical (unpaired) electrons. The lowest BCUT2D eigenvalue weighted by molar-refractivity contribution is -0.301. The Kier molecular flexibility index (Phi) is 4.69. The van der Waals surface area contributed by atoms with Crippen molar-refractivity contribution in [3.63, 3.8) is 0 Å². The van der Waals surface area contributed by atoms with Gasteiger partial charge in [-0.1, -0.05) is 0 Å². The zero-order valence-electron chi connectivity index (χ0n) is 10.7. The maximum atomic E-state index is 12.3. The van der Waals surface area contributed by atoms with Gasteiger partial charge in [-0.2, -0.15) is 36.3 Å². The molecular weight excluding hydrogens is 310 g/mol. The fraction of sp³-hybridized carbons (Fsp3) is 0.667. The molecule has 6 nitrogen and oxygen atoms in total. The summed E-state index contributed by atoms with van der Waals surface area (Å²) in [4.78, 5) is 9.65. The summed E-state index contributed by atoms with van der Waals surface area (Å²) in [5.74, 6) is -0.640. The molecule has 0 unspecified atom stereocenters. The normalized spacial score (nSPS) is 12.9. The van der Waals surface area contributed by atoms with E-state index in [-0.39, 0.29) is 0 Å². The number of aromatic nitrogens is 3. The van der Waals surface area contributed by atoms with Gasteiger partial charge in [0, 0.05) is 0 Å². The van der Waals surface area contributed by atoms with Crippen molar-refractivity contribution in [2.24, 2.45) is 0 Å². The van der Waals surface area contributed by atoms with Crippen LogP contribution in [0.2, 0.25) is 0 Å². The van der Waals surface area contributed by atoms with Gasteiger partial charge in [-0.25, -0.2) is 0 Å². The minimum Gasteiger partial charge on any atom is -0.461 e. The van der Waals surface area contributed by atoms with Crippen molar-refractivity contribution < 1.29 is 35.8 Å². The first-order valence-corrected chi connectivity index (χ1v) is 5.38. The van der Waals surface area contributed by atoms with E-state index < -0.39 is 42.5 Å². The van der Waals surface area contributed by atoms with Crippen LogP contribution in [0.25, 0.3) is 0 Å². The smallest absolute Gasteiger partial charge is 0.434 e. The summed E-state index contributed by atoms with van der Waals surface area (Å²) in [5.41, 5.74) is 5.14. The summed E-state index contributed by atoms with van der Waals surface area (Å²) in [6.45, 7) is 3.07. The molecule has 2 N–H and O–H groups in total. The van der Waals surface area contributed by atoms with Crippen molar-refractivity contribution >= 4 is 5.95 Å². The topological polar surface area (TPSA) is 83.2 Å². The molecule has 21 heavy (non-hydrogen) atoms. The zero-order chi connectivity index (χ0) is 16.4. The minimum atomic E-state index is -5.70. The van der Waals surface area contributed by atoms with Crippen LogP contribution in [0.3, 0.4) is 0 Å². The molecule has 0 saturated carbocycles. The van der Waals surface area contributed by atoms with Crippen molar-refractivity contribution in [2.45, 2.75) is 38.4 Å². The monoisotopic (exact) mass is 320 g/mol. The maximum absolute atomic E-state index is 12.3. The molecule has 120 valence electrons. The van der Waals surface area contributed by atoms with E-state index in [1.807, 2.05) is 0 Å². The Labute approximate surface area is 114 Å². The van der Waals surface area contributed by atoms with Crippen molar-refractivity contribution in [1.29, 1.82) is 0 Å². The number of hydrogen-bond donors (Lipinski definition) is 1. The largest absolute Gasteiger partial charge is 0.461 e. The van der Waals surface area contributed by atoms with Gasteiger partial charge in [0.1, 0.15) is 0 Å². The molecule has 0 amide bonds. The molecular formula is C9H10F6N4O2. The van der Waals surface area contributed by atoms with Gasteiger partial charge >= 0.3 is 24.4 Å². The van der Waals surface area contributed by atoms with E-state index in [0.717, 1.165) is 0 Å². The Hall–Kier alpha value is -2.01. The molecule has 0 saturated heterocycles. The third-order valence-corrected chi connectivity index (χ3v) is 1.77. The molecule has 0 aliphatic rings. The van der Waals surface area contributed by atoms with Gasteiger partial charge in [-0.3, -0.25) is 0 Å². The lowest BCUT2D eigenvalue weighted by Crippen LogP contribution is -2.46. The highest BCUT2D eigenvalue weighted by atomic mass is 19.4. The Morgan fingerprint density at radius 2 is 1.29 bits per heavy atom. The molecule has 0 bridgehead atoms. The summed E-state index contributed by atoms with van der Waals surface area (Å²) in [6, 6.07) is -1.78. The third kappa shape index (κ3) is 5.11. The van der Waals surface area contributed by atoms with E-state index in [1.165, 1.54) is 13.8 Å². The summed E-state index contributed by atoms with van der Waals surface area (Å²) in [7, 11) is 0. The number of nitrogen functional groups attached to an aromatic ring is 1. The number of nitrogens with two attached hydrogens (primary N) is 1. The lowest BCUT2D eigenvalue weighted by atomic mass is 10.3. The Morgan fingerprint density at radius 3 is 1.67 bits per heavy atom. The van der Waals surface area contributed by atoms with E-state index in [4.69, 9.17) is 10.5 Å². The predicted octanol–water partition coefficient (Wildman–Crippen LogP) is 2.11. The second-order valence-electron chi connectivity index (χ2n) is 4.01. The number of ether oxygens (including phenoxy) is 2. The van der Waals surface area contributed by atoms with Crippen molar-refractivity contribution in [3.8, 4) is 12.0 Å². The maximum Gasteiger partial charge on any atom is 0.434 e. The summed E-state index contributed by atoms with van der Waals surface area (Å²) >= 11 is 0. The molecule has 1 heterocycles. The SMILES string of the molecule is CC(C)Oc1nc(N)nc(OC(C(F)(F)F)C(F)(F)F)n1. The van der Waals surface area contributed by atoms with E-state index in [9.17, 15) is 26.3 Å². The van der Waals surface area contributed by atoms with E-state index in [2.05, 4.69) is 19.7 Å². The first kappa shape index (κ1) is 17.0. The highest BCUT2D eigenvalue weighted by molar-refractivity contribution is 5.20. The number of alkyl halides is 6. The Balaban J connectivity index is 3.07. The summed E-state index contributed by atoms with van der Waals surface area (Å²) in [6.07, 6.45) is -16.0. The quantitative estimate of drug-likeness (QED) is 0.856. The van der Waals surface area contributed by atoms with Crippen LogP contribution < -0.4 is 15.2 Å². The van der Waals surface area contributed by atoms with Gasteiger partial charge in [0.25, 0.3) is 6.10 Å². The van der Waals surface area contributed by atoms with Crippen LogP contribution in [0, 0.1) is 0 Å². The lowest BCUT2D eigenvalue weighted by Gasteiger charge is -2.22. The van der Waals surface area contributed by atoms with Crippen LogP contribution in [-0.4, -0.2) is 39.5 Å². The number of rotatable bonds is 4. The van der Waals surface area contributed by atoms with Gasteiger partial charge < -0.3 is 15.2 Å². The molecule has 1 aromatic heterocycles. The first-order valence-electron chi connectivity index (χ1n) is 5.38. The average Bonchev–Trinajstić information content (AvgIpc) is 2.20. The number of hydrogen-bond acceptors (Lipinski definition) is 6. The van der Waals surface area contributed by atoms with Gasteiger partial charge in [-0.05, 0) is 13.8 Å². The molecule has 12 heteroatoms. The van der Waals surface area contributed by atoms with Crippen LogP contribution in [0.1, 0.15) is 13.8 Å². The van der Waals surface area contributed by atoms with Gasteiger partial charge in [0.2, 0.25) is 5.95 Å². The standard InChI is InChI=1S/C9H10F6N4O2/c1-3(2)20-6-17-5(16)18-7(19-6)21-4(8(10,11)12)9(13,14)15/h3-4H,1-2H3,(H2,16,17,18,19).